The summed E-state index contributed by atoms with van der Waals surface area (Å²) in [6.45, 7) is 8.58. The second-order valence-corrected chi connectivity index (χ2v) is 4.56. The number of rotatable bonds is 6. The molecular formula is C13H23N3O. The van der Waals surface area contributed by atoms with E-state index < -0.39 is 5.60 Å². The lowest BCUT2D eigenvalue weighted by Crippen LogP contribution is -2.40. The van der Waals surface area contributed by atoms with Gasteiger partial charge in [0.05, 0.1) is 17.0 Å². The van der Waals surface area contributed by atoms with Crippen molar-refractivity contribution in [2.75, 3.05) is 6.54 Å². The van der Waals surface area contributed by atoms with Crippen molar-refractivity contribution in [3.05, 3.63) is 23.8 Å². The molecule has 4 nitrogen and oxygen atoms in total. The molecule has 1 atom stereocenters. The molecule has 2 N–H and O–H groups in total. The summed E-state index contributed by atoms with van der Waals surface area (Å²) in [5, 5.41) is 13.5. The van der Waals surface area contributed by atoms with Gasteiger partial charge in [-0.15, -0.1) is 0 Å². The van der Waals surface area contributed by atoms with Crippen LogP contribution in [-0.2, 0) is 0 Å². The smallest absolute Gasteiger partial charge is 0.0782 e. The third-order valence-electron chi connectivity index (χ3n) is 3.38. The lowest BCUT2D eigenvalue weighted by Gasteiger charge is -2.27. The topological polar surface area (TPSA) is 58.0 Å². The number of aliphatic hydroxyl groups is 1. The summed E-state index contributed by atoms with van der Waals surface area (Å²) in [4.78, 5) is 8.54. The van der Waals surface area contributed by atoms with Crippen molar-refractivity contribution in [1.82, 2.24) is 15.3 Å². The standard InChI is InChI=1S/C13H23N3O/c1-5-13(17,6-2)9-16-11(4)12-10(3)14-7-8-15-12/h7-8,11,16-17H,5-6,9H2,1-4H3. The van der Waals surface area contributed by atoms with Crippen LogP contribution < -0.4 is 5.32 Å². The molecule has 0 aliphatic heterocycles. The summed E-state index contributed by atoms with van der Waals surface area (Å²) in [6.07, 6.45) is 4.90. The highest BCUT2D eigenvalue weighted by atomic mass is 16.3. The van der Waals surface area contributed by atoms with Crippen LogP contribution in [0.1, 0.15) is 51.0 Å². The zero-order chi connectivity index (χ0) is 12.9. The van der Waals surface area contributed by atoms with Gasteiger partial charge in [-0.25, -0.2) is 0 Å². The third kappa shape index (κ3) is 3.75. The Balaban J connectivity index is 2.62. The van der Waals surface area contributed by atoms with E-state index in [1.54, 1.807) is 12.4 Å². The molecule has 0 radical (unpaired) electrons. The Morgan fingerprint density at radius 1 is 1.29 bits per heavy atom. The Morgan fingerprint density at radius 3 is 2.41 bits per heavy atom. The van der Waals surface area contributed by atoms with Gasteiger partial charge in [-0.3, -0.25) is 9.97 Å². The number of aryl methyl sites for hydroxylation is 1. The molecule has 0 spiro atoms. The zero-order valence-electron chi connectivity index (χ0n) is 11.2. The molecule has 1 rings (SSSR count). The van der Waals surface area contributed by atoms with Crippen molar-refractivity contribution in [2.24, 2.45) is 0 Å². The molecule has 0 fully saturated rings. The average Bonchev–Trinajstić information content (AvgIpc) is 2.36. The largest absolute Gasteiger partial charge is 0.389 e. The number of hydrogen-bond acceptors (Lipinski definition) is 4. The lowest BCUT2D eigenvalue weighted by molar-refractivity contribution is 0.0302. The summed E-state index contributed by atoms with van der Waals surface area (Å²) in [7, 11) is 0. The normalized spacial score (nSPS) is 13.7. The minimum absolute atomic E-state index is 0.105. The Morgan fingerprint density at radius 2 is 1.88 bits per heavy atom. The summed E-state index contributed by atoms with van der Waals surface area (Å²) in [5.74, 6) is 0. The monoisotopic (exact) mass is 237 g/mol. The zero-order valence-corrected chi connectivity index (χ0v) is 11.2. The van der Waals surface area contributed by atoms with Crippen molar-refractivity contribution in [3.8, 4) is 0 Å². The van der Waals surface area contributed by atoms with E-state index in [-0.39, 0.29) is 6.04 Å². The maximum Gasteiger partial charge on any atom is 0.0782 e. The Hall–Kier alpha value is -1.00. The molecule has 1 aromatic heterocycles. The van der Waals surface area contributed by atoms with E-state index in [2.05, 4.69) is 15.3 Å². The van der Waals surface area contributed by atoms with Crippen LogP contribution in [0.3, 0.4) is 0 Å². The molecule has 4 heteroatoms. The predicted molar refractivity (Wildman–Crippen MR) is 68.7 cm³/mol. The highest BCUT2D eigenvalue weighted by molar-refractivity contribution is 5.12. The van der Waals surface area contributed by atoms with E-state index in [0.29, 0.717) is 6.54 Å². The molecule has 0 aromatic carbocycles. The fraction of sp³-hybridized carbons (Fsp3) is 0.692. The summed E-state index contributed by atoms with van der Waals surface area (Å²) in [6, 6.07) is 0.105. The summed E-state index contributed by atoms with van der Waals surface area (Å²) < 4.78 is 0. The van der Waals surface area contributed by atoms with Gasteiger partial charge in [0.25, 0.3) is 0 Å². The van der Waals surface area contributed by atoms with Crippen LogP contribution in [0.5, 0.6) is 0 Å². The first kappa shape index (κ1) is 14.1. The lowest BCUT2D eigenvalue weighted by atomic mass is 9.97. The van der Waals surface area contributed by atoms with Gasteiger partial charge >= 0.3 is 0 Å². The molecule has 0 aliphatic rings. The average molecular weight is 237 g/mol. The second-order valence-electron chi connectivity index (χ2n) is 4.56. The van der Waals surface area contributed by atoms with Crippen molar-refractivity contribution >= 4 is 0 Å². The molecule has 1 heterocycles. The van der Waals surface area contributed by atoms with Crippen LogP contribution in [0.4, 0.5) is 0 Å². The molecule has 0 saturated carbocycles. The maximum atomic E-state index is 10.2. The van der Waals surface area contributed by atoms with Crippen molar-refractivity contribution < 1.29 is 5.11 Å². The Bertz CT molecular complexity index is 350. The maximum absolute atomic E-state index is 10.2. The van der Waals surface area contributed by atoms with Gasteiger partial charge in [-0.1, -0.05) is 13.8 Å². The Kier molecular flexibility index (Phi) is 5.02. The van der Waals surface area contributed by atoms with E-state index >= 15 is 0 Å². The molecule has 0 amide bonds. The van der Waals surface area contributed by atoms with E-state index in [1.807, 2.05) is 27.7 Å². The molecule has 1 aromatic rings. The van der Waals surface area contributed by atoms with Crippen LogP contribution >= 0.6 is 0 Å². The van der Waals surface area contributed by atoms with Crippen LogP contribution in [0.25, 0.3) is 0 Å². The van der Waals surface area contributed by atoms with Gasteiger partial charge in [0, 0.05) is 25.0 Å². The Labute approximate surface area is 103 Å². The van der Waals surface area contributed by atoms with Gasteiger partial charge in [-0.2, -0.15) is 0 Å². The number of hydrogen-bond donors (Lipinski definition) is 2. The fourth-order valence-electron chi connectivity index (χ4n) is 1.78. The van der Waals surface area contributed by atoms with Crippen molar-refractivity contribution in [2.45, 2.75) is 52.2 Å². The SMILES string of the molecule is CCC(O)(CC)CNC(C)c1nccnc1C. The molecule has 0 aliphatic carbocycles. The fourth-order valence-corrected chi connectivity index (χ4v) is 1.78. The number of nitrogens with one attached hydrogen (secondary N) is 1. The van der Waals surface area contributed by atoms with E-state index in [4.69, 9.17) is 0 Å². The van der Waals surface area contributed by atoms with Crippen molar-refractivity contribution in [3.63, 3.8) is 0 Å². The minimum atomic E-state index is -0.621. The van der Waals surface area contributed by atoms with E-state index in [0.717, 1.165) is 24.2 Å². The summed E-state index contributed by atoms with van der Waals surface area (Å²) in [5.41, 5.74) is 1.26. The minimum Gasteiger partial charge on any atom is -0.389 e. The summed E-state index contributed by atoms with van der Waals surface area (Å²) >= 11 is 0. The van der Waals surface area contributed by atoms with E-state index in [9.17, 15) is 5.11 Å². The first-order chi connectivity index (χ1) is 8.02. The first-order valence-corrected chi connectivity index (χ1v) is 6.25. The highest BCUT2D eigenvalue weighted by Gasteiger charge is 2.23. The van der Waals surface area contributed by atoms with Crippen molar-refractivity contribution in [1.29, 1.82) is 0 Å². The third-order valence-corrected chi connectivity index (χ3v) is 3.38. The molecular weight excluding hydrogens is 214 g/mol. The van der Waals surface area contributed by atoms with Crippen LogP contribution in [0.15, 0.2) is 12.4 Å². The first-order valence-electron chi connectivity index (χ1n) is 6.25. The molecule has 0 bridgehead atoms. The van der Waals surface area contributed by atoms with Gasteiger partial charge in [-0.05, 0) is 26.7 Å². The molecule has 17 heavy (non-hydrogen) atoms. The predicted octanol–water partition coefficient (Wildman–Crippen LogP) is 1.99. The number of nitrogens with zero attached hydrogens (tertiary/aromatic N) is 2. The van der Waals surface area contributed by atoms with Gasteiger partial charge in [0.2, 0.25) is 0 Å². The van der Waals surface area contributed by atoms with Gasteiger partial charge in [0.1, 0.15) is 0 Å². The quantitative estimate of drug-likeness (QED) is 0.794. The van der Waals surface area contributed by atoms with Crippen LogP contribution in [-0.4, -0.2) is 27.2 Å². The second kappa shape index (κ2) is 6.07. The van der Waals surface area contributed by atoms with Gasteiger partial charge < -0.3 is 10.4 Å². The molecule has 1 unspecified atom stereocenters. The van der Waals surface area contributed by atoms with Gasteiger partial charge in [0.15, 0.2) is 0 Å². The highest BCUT2D eigenvalue weighted by Crippen LogP contribution is 2.17. The van der Waals surface area contributed by atoms with Crippen LogP contribution in [0, 0.1) is 6.92 Å². The molecule has 96 valence electrons. The molecule has 0 saturated heterocycles. The van der Waals surface area contributed by atoms with Crippen LogP contribution in [0.2, 0.25) is 0 Å². The number of aromatic nitrogens is 2. The van der Waals surface area contributed by atoms with E-state index in [1.165, 1.54) is 0 Å².